The number of hydrogen-bond acceptors (Lipinski definition) is 3. The van der Waals surface area contributed by atoms with Crippen molar-refractivity contribution in [3.8, 4) is 5.75 Å². The molecule has 0 radical (unpaired) electrons. The molecule has 0 amide bonds. The fraction of sp³-hybridized carbons (Fsp3) is 0.667. The van der Waals surface area contributed by atoms with Gasteiger partial charge in [-0.1, -0.05) is 25.0 Å². The third-order valence-corrected chi connectivity index (χ3v) is 5.12. The minimum absolute atomic E-state index is 0.350. The third-order valence-electron chi connectivity index (χ3n) is 5.12. The van der Waals surface area contributed by atoms with Crippen LogP contribution in [0, 0.1) is 5.92 Å². The van der Waals surface area contributed by atoms with Crippen molar-refractivity contribution in [2.45, 2.75) is 50.6 Å². The second-order valence-electron chi connectivity index (χ2n) is 6.81. The summed E-state index contributed by atoms with van der Waals surface area (Å²) in [4.78, 5) is 2.68. The molecule has 116 valence electrons. The van der Waals surface area contributed by atoms with E-state index in [1.54, 1.807) is 7.11 Å². The zero-order chi connectivity index (χ0) is 14.7. The van der Waals surface area contributed by atoms with Crippen LogP contribution in [-0.2, 0) is 6.42 Å². The third kappa shape index (κ3) is 3.78. The molecule has 3 heteroatoms. The van der Waals surface area contributed by atoms with Gasteiger partial charge in [0.1, 0.15) is 5.75 Å². The average Bonchev–Trinajstić information content (AvgIpc) is 3.02. The molecule has 2 atom stereocenters. The van der Waals surface area contributed by atoms with Crippen LogP contribution in [-0.4, -0.2) is 37.2 Å². The van der Waals surface area contributed by atoms with Gasteiger partial charge in [-0.15, -0.1) is 0 Å². The van der Waals surface area contributed by atoms with Crippen LogP contribution in [0.2, 0.25) is 0 Å². The molecule has 1 aliphatic carbocycles. The van der Waals surface area contributed by atoms with Crippen molar-refractivity contribution in [3.05, 3.63) is 29.8 Å². The summed E-state index contributed by atoms with van der Waals surface area (Å²) in [5.41, 5.74) is 7.72. The number of nitrogens with zero attached hydrogens (tertiary/aromatic N) is 1. The molecule has 1 saturated carbocycles. The van der Waals surface area contributed by atoms with E-state index in [0.29, 0.717) is 12.0 Å². The van der Waals surface area contributed by atoms with Crippen LogP contribution in [0.5, 0.6) is 5.75 Å². The lowest BCUT2D eigenvalue weighted by atomic mass is 9.88. The molecule has 0 aromatic heterocycles. The first-order valence-electron chi connectivity index (χ1n) is 8.37. The molecule has 3 rings (SSSR count). The maximum atomic E-state index is 6.32. The average molecular weight is 288 g/mol. The summed E-state index contributed by atoms with van der Waals surface area (Å²) in [5, 5.41) is 0. The van der Waals surface area contributed by atoms with Crippen molar-refractivity contribution < 1.29 is 4.74 Å². The molecule has 1 aromatic rings. The Morgan fingerprint density at radius 2 is 1.86 bits per heavy atom. The van der Waals surface area contributed by atoms with Gasteiger partial charge in [0, 0.05) is 25.2 Å². The van der Waals surface area contributed by atoms with Gasteiger partial charge in [-0.05, 0) is 49.3 Å². The first kappa shape index (κ1) is 14.9. The topological polar surface area (TPSA) is 38.5 Å². The molecule has 2 unspecified atom stereocenters. The molecule has 1 heterocycles. The summed E-state index contributed by atoms with van der Waals surface area (Å²) in [6.07, 6.45) is 7.86. The molecule has 21 heavy (non-hydrogen) atoms. The lowest BCUT2D eigenvalue weighted by Gasteiger charge is -2.40. The minimum Gasteiger partial charge on any atom is -0.497 e. The predicted octanol–water partition coefficient (Wildman–Crippen LogP) is 2.83. The largest absolute Gasteiger partial charge is 0.497 e. The van der Waals surface area contributed by atoms with Crippen molar-refractivity contribution in [2.24, 2.45) is 11.7 Å². The summed E-state index contributed by atoms with van der Waals surface area (Å²) >= 11 is 0. The molecular weight excluding hydrogens is 260 g/mol. The monoisotopic (exact) mass is 288 g/mol. The van der Waals surface area contributed by atoms with E-state index in [1.165, 1.54) is 37.8 Å². The number of piperidine rings is 1. The molecule has 2 aliphatic rings. The van der Waals surface area contributed by atoms with Gasteiger partial charge in [0.05, 0.1) is 7.11 Å². The summed E-state index contributed by atoms with van der Waals surface area (Å²) in [7, 11) is 1.72. The number of rotatable bonds is 4. The van der Waals surface area contributed by atoms with Gasteiger partial charge in [-0.2, -0.15) is 0 Å². The Morgan fingerprint density at radius 3 is 2.52 bits per heavy atom. The van der Waals surface area contributed by atoms with Crippen LogP contribution in [0.25, 0.3) is 0 Å². The molecular formula is C18H28N2O. The number of ether oxygens (including phenoxy) is 1. The molecule has 0 spiro atoms. The van der Waals surface area contributed by atoms with Crippen molar-refractivity contribution in [2.75, 3.05) is 20.2 Å². The predicted molar refractivity (Wildman–Crippen MR) is 86.6 cm³/mol. The second kappa shape index (κ2) is 6.80. The van der Waals surface area contributed by atoms with Crippen molar-refractivity contribution in [1.29, 1.82) is 0 Å². The van der Waals surface area contributed by atoms with E-state index in [9.17, 15) is 0 Å². The van der Waals surface area contributed by atoms with Crippen LogP contribution in [0.4, 0.5) is 0 Å². The van der Waals surface area contributed by atoms with Crippen molar-refractivity contribution >= 4 is 0 Å². The SMILES string of the molecule is COc1ccc(CC2CC(N)CN(C3CCCC3)C2)cc1. The summed E-state index contributed by atoms with van der Waals surface area (Å²) in [6, 6.07) is 9.66. The highest BCUT2D eigenvalue weighted by Gasteiger charge is 2.31. The van der Waals surface area contributed by atoms with E-state index in [-0.39, 0.29) is 0 Å². The Bertz CT molecular complexity index is 439. The van der Waals surface area contributed by atoms with Gasteiger partial charge in [0.25, 0.3) is 0 Å². The zero-order valence-corrected chi connectivity index (χ0v) is 13.1. The lowest BCUT2D eigenvalue weighted by molar-refractivity contribution is 0.111. The standard InChI is InChI=1S/C18H28N2O/c1-21-18-8-6-14(7-9-18)10-15-11-16(19)13-20(12-15)17-4-2-3-5-17/h6-9,15-17H,2-5,10-13,19H2,1H3. The van der Waals surface area contributed by atoms with E-state index in [4.69, 9.17) is 10.5 Å². The van der Waals surface area contributed by atoms with Crippen LogP contribution in [0.3, 0.4) is 0 Å². The summed E-state index contributed by atoms with van der Waals surface area (Å²) in [5.74, 6) is 1.63. The number of methoxy groups -OCH3 is 1. The maximum absolute atomic E-state index is 6.32. The second-order valence-corrected chi connectivity index (χ2v) is 6.81. The first-order valence-corrected chi connectivity index (χ1v) is 8.37. The molecule has 1 saturated heterocycles. The van der Waals surface area contributed by atoms with Gasteiger partial charge in [0.15, 0.2) is 0 Å². The molecule has 2 N–H and O–H groups in total. The summed E-state index contributed by atoms with van der Waals surface area (Å²) in [6.45, 7) is 2.33. The zero-order valence-electron chi connectivity index (χ0n) is 13.1. The van der Waals surface area contributed by atoms with Gasteiger partial charge >= 0.3 is 0 Å². The van der Waals surface area contributed by atoms with Crippen LogP contribution < -0.4 is 10.5 Å². The highest BCUT2D eigenvalue weighted by molar-refractivity contribution is 5.27. The van der Waals surface area contributed by atoms with Gasteiger partial charge < -0.3 is 10.5 Å². The molecule has 3 nitrogen and oxygen atoms in total. The Morgan fingerprint density at radius 1 is 1.14 bits per heavy atom. The fourth-order valence-corrected chi connectivity index (χ4v) is 4.10. The maximum Gasteiger partial charge on any atom is 0.118 e. The van der Waals surface area contributed by atoms with E-state index in [2.05, 4.69) is 29.2 Å². The number of likely N-dealkylation sites (tertiary alicyclic amines) is 1. The highest BCUT2D eigenvalue weighted by atomic mass is 16.5. The van der Waals surface area contributed by atoms with Crippen molar-refractivity contribution in [1.82, 2.24) is 4.90 Å². The molecule has 1 aliphatic heterocycles. The van der Waals surface area contributed by atoms with Gasteiger partial charge in [-0.3, -0.25) is 4.90 Å². The van der Waals surface area contributed by atoms with E-state index in [0.717, 1.165) is 31.2 Å². The fourth-order valence-electron chi connectivity index (χ4n) is 4.10. The molecule has 2 fully saturated rings. The molecule has 1 aromatic carbocycles. The number of hydrogen-bond donors (Lipinski definition) is 1. The summed E-state index contributed by atoms with van der Waals surface area (Å²) < 4.78 is 5.23. The smallest absolute Gasteiger partial charge is 0.118 e. The van der Waals surface area contributed by atoms with Crippen LogP contribution in [0.1, 0.15) is 37.7 Å². The Labute approximate surface area is 128 Å². The van der Waals surface area contributed by atoms with E-state index in [1.807, 2.05) is 0 Å². The highest BCUT2D eigenvalue weighted by Crippen LogP contribution is 2.29. The molecule has 0 bridgehead atoms. The van der Waals surface area contributed by atoms with Crippen LogP contribution in [0.15, 0.2) is 24.3 Å². The number of benzene rings is 1. The normalized spacial score (nSPS) is 27.9. The van der Waals surface area contributed by atoms with Crippen LogP contribution >= 0.6 is 0 Å². The Hall–Kier alpha value is -1.06. The van der Waals surface area contributed by atoms with Crippen molar-refractivity contribution in [3.63, 3.8) is 0 Å². The van der Waals surface area contributed by atoms with E-state index < -0.39 is 0 Å². The van der Waals surface area contributed by atoms with Gasteiger partial charge in [0.2, 0.25) is 0 Å². The lowest BCUT2D eigenvalue weighted by Crippen LogP contribution is -2.50. The quantitative estimate of drug-likeness (QED) is 0.926. The first-order chi connectivity index (χ1) is 10.2. The van der Waals surface area contributed by atoms with E-state index >= 15 is 0 Å². The minimum atomic E-state index is 0.350. The Balaban J connectivity index is 1.60. The van der Waals surface area contributed by atoms with Gasteiger partial charge in [-0.25, -0.2) is 0 Å². The number of nitrogens with two attached hydrogens (primary N) is 1. The Kier molecular flexibility index (Phi) is 4.81.